The number of hydrogen-bond acceptors (Lipinski definition) is 4. The first-order valence-corrected chi connectivity index (χ1v) is 8.76. The summed E-state index contributed by atoms with van der Waals surface area (Å²) in [6, 6.07) is 0.786. The molecule has 112 valence electrons. The van der Waals surface area contributed by atoms with Crippen molar-refractivity contribution in [2.75, 3.05) is 0 Å². The third kappa shape index (κ3) is 2.23. The zero-order valence-electron chi connectivity index (χ0n) is 12.6. The molecule has 0 bridgehead atoms. The zero-order valence-corrected chi connectivity index (χ0v) is 13.4. The van der Waals surface area contributed by atoms with Gasteiger partial charge in [0.25, 0.3) is 5.56 Å². The third-order valence-electron chi connectivity index (χ3n) is 4.42. The second kappa shape index (κ2) is 4.92. The van der Waals surface area contributed by atoms with Crippen LogP contribution in [-0.2, 0) is 19.4 Å². The SMILES string of the molecule is CC(C)NCc1nc2sc3c(c2c(=O)n1C1CC1)CCC3. The van der Waals surface area contributed by atoms with E-state index in [1.165, 1.54) is 16.9 Å². The highest BCUT2D eigenvalue weighted by Crippen LogP contribution is 2.38. The van der Waals surface area contributed by atoms with Gasteiger partial charge in [-0.25, -0.2) is 4.98 Å². The summed E-state index contributed by atoms with van der Waals surface area (Å²) in [7, 11) is 0. The van der Waals surface area contributed by atoms with E-state index >= 15 is 0 Å². The second-order valence-corrected chi connectivity index (χ2v) is 7.59. The summed E-state index contributed by atoms with van der Waals surface area (Å²) >= 11 is 1.74. The molecule has 2 aromatic rings. The lowest BCUT2D eigenvalue weighted by Gasteiger charge is -2.14. The van der Waals surface area contributed by atoms with Crippen molar-refractivity contribution in [3.63, 3.8) is 0 Å². The molecule has 1 saturated carbocycles. The van der Waals surface area contributed by atoms with E-state index < -0.39 is 0 Å². The van der Waals surface area contributed by atoms with Gasteiger partial charge in [0, 0.05) is 17.0 Å². The fraction of sp³-hybridized carbons (Fsp3) is 0.625. The molecule has 0 unspecified atom stereocenters. The molecule has 4 rings (SSSR count). The minimum absolute atomic E-state index is 0.211. The summed E-state index contributed by atoms with van der Waals surface area (Å²) < 4.78 is 1.98. The summed E-state index contributed by atoms with van der Waals surface area (Å²) in [5.74, 6) is 0.920. The average Bonchev–Trinajstić information content (AvgIpc) is 3.04. The molecule has 1 N–H and O–H groups in total. The molecule has 2 aliphatic rings. The van der Waals surface area contributed by atoms with Crippen LogP contribution in [0.3, 0.4) is 0 Å². The largest absolute Gasteiger partial charge is 0.308 e. The van der Waals surface area contributed by atoms with Gasteiger partial charge in [-0.3, -0.25) is 9.36 Å². The minimum Gasteiger partial charge on any atom is -0.308 e. The Balaban J connectivity index is 1.89. The molecule has 0 atom stereocenters. The molecule has 2 heterocycles. The van der Waals surface area contributed by atoms with Gasteiger partial charge in [0.05, 0.1) is 11.9 Å². The second-order valence-electron chi connectivity index (χ2n) is 6.51. The number of rotatable bonds is 4. The molecule has 0 aliphatic heterocycles. The molecule has 0 saturated heterocycles. The molecule has 4 nitrogen and oxygen atoms in total. The Hall–Kier alpha value is -1.20. The van der Waals surface area contributed by atoms with Crippen LogP contribution in [0.1, 0.15) is 55.4 Å². The standard InChI is InChI=1S/C16H21N3OS/c1-9(2)17-8-13-18-15-14(11-4-3-5-12(11)21-15)16(20)19(13)10-6-7-10/h9-10,17H,3-8H2,1-2H3. The Morgan fingerprint density at radius 2 is 2.19 bits per heavy atom. The zero-order chi connectivity index (χ0) is 14.6. The van der Waals surface area contributed by atoms with Crippen LogP contribution in [0.4, 0.5) is 0 Å². The number of nitrogens with zero attached hydrogens (tertiary/aromatic N) is 2. The van der Waals surface area contributed by atoms with E-state index in [0.29, 0.717) is 18.6 Å². The van der Waals surface area contributed by atoms with Crippen LogP contribution >= 0.6 is 11.3 Å². The number of fused-ring (bicyclic) bond motifs is 3. The quantitative estimate of drug-likeness (QED) is 0.945. The summed E-state index contributed by atoms with van der Waals surface area (Å²) in [5.41, 5.74) is 1.51. The van der Waals surface area contributed by atoms with E-state index in [-0.39, 0.29) is 5.56 Å². The molecule has 0 spiro atoms. The maximum absolute atomic E-state index is 13.0. The van der Waals surface area contributed by atoms with E-state index in [4.69, 9.17) is 4.98 Å². The smallest absolute Gasteiger partial charge is 0.262 e. The van der Waals surface area contributed by atoms with Crippen molar-refractivity contribution in [1.82, 2.24) is 14.9 Å². The molecule has 2 aliphatic carbocycles. The maximum Gasteiger partial charge on any atom is 0.262 e. The fourth-order valence-electron chi connectivity index (χ4n) is 3.23. The molecule has 1 fully saturated rings. The first kappa shape index (κ1) is 13.5. The maximum atomic E-state index is 13.0. The lowest BCUT2D eigenvalue weighted by Crippen LogP contribution is -2.30. The topological polar surface area (TPSA) is 46.9 Å². The van der Waals surface area contributed by atoms with Gasteiger partial charge in [0.1, 0.15) is 10.7 Å². The average molecular weight is 303 g/mol. The molecule has 0 amide bonds. The molecule has 21 heavy (non-hydrogen) atoms. The Morgan fingerprint density at radius 1 is 1.38 bits per heavy atom. The van der Waals surface area contributed by atoms with Gasteiger partial charge in [-0.15, -0.1) is 11.3 Å². The van der Waals surface area contributed by atoms with Crippen LogP contribution in [-0.4, -0.2) is 15.6 Å². The van der Waals surface area contributed by atoms with E-state index in [2.05, 4.69) is 19.2 Å². The monoisotopic (exact) mass is 303 g/mol. The van der Waals surface area contributed by atoms with Crippen molar-refractivity contribution < 1.29 is 0 Å². The van der Waals surface area contributed by atoms with Crippen LogP contribution in [0, 0.1) is 0 Å². The van der Waals surface area contributed by atoms with Crippen molar-refractivity contribution in [2.24, 2.45) is 0 Å². The van der Waals surface area contributed by atoms with Gasteiger partial charge in [0.15, 0.2) is 0 Å². The number of nitrogens with one attached hydrogen (secondary N) is 1. The van der Waals surface area contributed by atoms with Crippen LogP contribution in [0.2, 0.25) is 0 Å². The first-order valence-electron chi connectivity index (χ1n) is 7.94. The van der Waals surface area contributed by atoms with Gasteiger partial charge >= 0.3 is 0 Å². The van der Waals surface area contributed by atoms with Gasteiger partial charge in [-0.1, -0.05) is 13.8 Å². The molecule has 2 aromatic heterocycles. The highest BCUT2D eigenvalue weighted by atomic mass is 32.1. The molecular formula is C16H21N3OS. The number of thiophene rings is 1. The van der Waals surface area contributed by atoms with Crippen molar-refractivity contribution in [3.8, 4) is 0 Å². The third-order valence-corrected chi connectivity index (χ3v) is 5.61. The summed E-state index contributed by atoms with van der Waals surface area (Å²) in [6.07, 6.45) is 5.61. The van der Waals surface area contributed by atoms with Crippen LogP contribution in [0.25, 0.3) is 10.2 Å². The number of aryl methyl sites for hydroxylation is 2. The molecule has 5 heteroatoms. The highest BCUT2D eigenvalue weighted by Gasteiger charge is 2.30. The Labute approximate surface area is 128 Å². The lowest BCUT2D eigenvalue weighted by atomic mass is 10.2. The van der Waals surface area contributed by atoms with E-state index in [1.54, 1.807) is 11.3 Å². The number of aromatic nitrogens is 2. The van der Waals surface area contributed by atoms with Gasteiger partial charge in [-0.2, -0.15) is 0 Å². The van der Waals surface area contributed by atoms with Crippen LogP contribution < -0.4 is 10.9 Å². The van der Waals surface area contributed by atoms with Crippen molar-refractivity contribution in [1.29, 1.82) is 0 Å². The van der Waals surface area contributed by atoms with E-state index in [1.807, 2.05) is 4.57 Å². The first-order chi connectivity index (χ1) is 10.1. The minimum atomic E-state index is 0.211. The predicted molar refractivity (Wildman–Crippen MR) is 86.2 cm³/mol. The molecule has 0 radical (unpaired) electrons. The van der Waals surface area contributed by atoms with E-state index in [9.17, 15) is 4.79 Å². The van der Waals surface area contributed by atoms with Crippen molar-refractivity contribution in [3.05, 3.63) is 26.6 Å². The summed E-state index contributed by atoms with van der Waals surface area (Å²) in [6.45, 7) is 4.93. The van der Waals surface area contributed by atoms with Gasteiger partial charge < -0.3 is 5.32 Å². The van der Waals surface area contributed by atoms with Gasteiger partial charge in [0.2, 0.25) is 0 Å². The van der Waals surface area contributed by atoms with Crippen LogP contribution in [0.5, 0.6) is 0 Å². The number of hydrogen-bond donors (Lipinski definition) is 1. The fourth-order valence-corrected chi connectivity index (χ4v) is 4.50. The highest BCUT2D eigenvalue weighted by molar-refractivity contribution is 7.18. The normalized spacial score (nSPS) is 17.9. The Morgan fingerprint density at radius 3 is 2.90 bits per heavy atom. The molecule has 0 aromatic carbocycles. The van der Waals surface area contributed by atoms with Crippen LogP contribution in [0.15, 0.2) is 4.79 Å². The Kier molecular flexibility index (Phi) is 3.15. The molecular weight excluding hydrogens is 282 g/mol. The van der Waals surface area contributed by atoms with Crippen molar-refractivity contribution in [2.45, 2.75) is 64.6 Å². The van der Waals surface area contributed by atoms with E-state index in [0.717, 1.165) is 41.7 Å². The summed E-state index contributed by atoms with van der Waals surface area (Å²) in [4.78, 5) is 20.2. The van der Waals surface area contributed by atoms with Crippen molar-refractivity contribution >= 4 is 21.6 Å². The Bertz CT molecular complexity index is 755. The summed E-state index contributed by atoms with van der Waals surface area (Å²) in [5, 5.41) is 4.33. The van der Waals surface area contributed by atoms with Gasteiger partial charge in [-0.05, 0) is 37.7 Å². The predicted octanol–water partition coefficient (Wildman–Crippen LogP) is 2.78. The lowest BCUT2D eigenvalue weighted by molar-refractivity contribution is 0.536.